The first-order chi connectivity index (χ1) is 31.8. The normalized spacial score (nSPS) is 11.9. The molecule has 0 unspecified atom stereocenters. The molecule has 0 aliphatic heterocycles. The summed E-state index contributed by atoms with van der Waals surface area (Å²) >= 11 is 0. The Bertz CT molecular complexity index is 1760. The van der Waals surface area contributed by atoms with Gasteiger partial charge in [-0.05, 0) is 119 Å². The molecule has 0 aromatic heterocycles. The second-order valence-corrected chi connectivity index (χ2v) is 18.5. The van der Waals surface area contributed by atoms with Crippen LogP contribution >= 0.6 is 0 Å². The van der Waals surface area contributed by atoms with Crippen LogP contribution in [0.5, 0.6) is 11.5 Å². The van der Waals surface area contributed by atoms with E-state index in [2.05, 4.69) is 107 Å². The third-order valence-corrected chi connectivity index (χ3v) is 12.6. The molecule has 3 rings (SSSR count). The molecule has 4 nitrogen and oxygen atoms in total. The van der Waals surface area contributed by atoms with E-state index in [9.17, 15) is 10.2 Å². The van der Waals surface area contributed by atoms with Crippen molar-refractivity contribution >= 4 is 35.0 Å². The fourth-order valence-electron chi connectivity index (χ4n) is 8.26. The second-order valence-electron chi connectivity index (χ2n) is 18.5. The van der Waals surface area contributed by atoms with Gasteiger partial charge in [0, 0.05) is 0 Å². The molecule has 5 heteroatoms. The molecule has 0 aliphatic carbocycles. The van der Waals surface area contributed by atoms with Gasteiger partial charge < -0.3 is 10.2 Å². The Labute approximate surface area is 416 Å². The summed E-state index contributed by atoms with van der Waals surface area (Å²) in [6.07, 6.45) is 46.1. The first kappa shape index (κ1) is 60.6. The van der Waals surface area contributed by atoms with Gasteiger partial charge in [-0.3, -0.25) is 9.98 Å². The molecular weight excluding hydrogens is 851 g/mol. The zero-order valence-electron chi connectivity index (χ0n) is 43.2. The van der Waals surface area contributed by atoms with Crippen LogP contribution in [0.25, 0.3) is 12.2 Å². The summed E-state index contributed by atoms with van der Waals surface area (Å²) in [6, 6.07) is 19.5. The molecule has 0 N–H and O–H groups in total. The third kappa shape index (κ3) is 27.4. The van der Waals surface area contributed by atoms with Gasteiger partial charge in [0.1, 0.15) is 0 Å². The number of benzene rings is 3. The second kappa shape index (κ2) is 40.6. The topological polar surface area (TPSA) is 70.8 Å². The van der Waals surface area contributed by atoms with Crippen molar-refractivity contribution in [1.82, 2.24) is 0 Å². The van der Waals surface area contributed by atoms with Gasteiger partial charge in [-0.25, -0.2) is 0 Å². The standard InChI is InChI=1S/C48H76N2.C13H20O2.Ni/c1-5-9-13-16-19-21-23-25-28-31-43-35-39-45(40-36-43)49-47(33-12-8-4)48(34-30-27-18-15-11-7-3)50-46-41-37-44(38-42-46)32-29-26-24-22-20-17-14-10-6-2;1-4-6-7-11-9(3)8-10(5-2)12(14)13(11)15;/h28-29,31-32,35-42H,5-27,30,33-34H2,1-4H3;8,14-15H,4-7H2,1-3H3;/q;;+2/p-2. The van der Waals surface area contributed by atoms with Crippen LogP contribution in [0.1, 0.15) is 249 Å². The van der Waals surface area contributed by atoms with E-state index in [0.29, 0.717) is 12.0 Å². The molecule has 0 aliphatic rings. The van der Waals surface area contributed by atoms with Crippen LogP contribution < -0.4 is 10.2 Å². The minimum Gasteiger partial charge on any atom is -0.873 e. The summed E-state index contributed by atoms with van der Waals surface area (Å²) in [6.45, 7) is 15.0. The third-order valence-electron chi connectivity index (χ3n) is 12.6. The van der Waals surface area contributed by atoms with Gasteiger partial charge >= 0.3 is 16.5 Å². The summed E-state index contributed by atoms with van der Waals surface area (Å²) in [4.78, 5) is 10.6. The Kier molecular flexibility index (Phi) is 37.3. The molecule has 0 radical (unpaired) electrons. The van der Waals surface area contributed by atoms with Gasteiger partial charge in [0.05, 0.1) is 22.8 Å². The fraction of sp³-hybridized carbons (Fsp3) is 0.607. The number of unbranched alkanes of at least 4 members (excludes halogenated alkanes) is 21. The minimum atomic E-state index is -0.297. The monoisotopic (exact) mass is 945 g/mol. The maximum atomic E-state index is 11.8. The van der Waals surface area contributed by atoms with Crippen LogP contribution in [-0.4, -0.2) is 11.4 Å². The van der Waals surface area contributed by atoms with Crippen molar-refractivity contribution in [2.75, 3.05) is 0 Å². The Hall–Kier alpha value is -3.43. The largest absolute Gasteiger partial charge is 2.00 e. The molecule has 0 heterocycles. The molecule has 0 saturated carbocycles. The number of nitrogens with zero attached hydrogens (tertiary/aromatic N) is 2. The zero-order chi connectivity index (χ0) is 47.2. The summed E-state index contributed by atoms with van der Waals surface area (Å²) in [5, 5.41) is 23.4. The molecule has 0 fully saturated rings. The molecule has 3 aromatic rings. The maximum absolute atomic E-state index is 11.8. The van der Waals surface area contributed by atoms with E-state index < -0.39 is 0 Å². The van der Waals surface area contributed by atoms with Gasteiger partial charge in [0.25, 0.3) is 0 Å². The van der Waals surface area contributed by atoms with Crippen LogP contribution in [0.2, 0.25) is 0 Å². The quantitative estimate of drug-likeness (QED) is 0.0335. The molecule has 3 aromatic carbocycles. The molecule has 0 bridgehead atoms. The number of hydrogen-bond donors (Lipinski definition) is 0. The molecular formula is C61H94N2NiO2. The maximum Gasteiger partial charge on any atom is 2.00 e. The average Bonchev–Trinajstić information content (AvgIpc) is 3.32. The number of rotatable bonds is 35. The number of aryl methyl sites for hydroxylation is 2. The minimum absolute atomic E-state index is 0. The van der Waals surface area contributed by atoms with Crippen molar-refractivity contribution in [3.63, 3.8) is 0 Å². The van der Waals surface area contributed by atoms with Crippen LogP contribution in [0, 0.1) is 6.92 Å². The van der Waals surface area contributed by atoms with E-state index in [-0.39, 0.29) is 28.0 Å². The SMILES string of the molecule is CCCCCCCCCC=Cc1ccc(N=C(CCCC)C(CCCCCCCC)=Nc2ccc(C=CCCCCCCCCC)cc2)cc1.CCCCc1c(C)cc(CC)c([O-])c1[O-].[Ni+2]. The van der Waals surface area contributed by atoms with Gasteiger partial charge in [0.15, 0.2) is 0 Å². The Balaban J connectivity index is 0.00000115. The van der Waals surface area contributed by atoms with Crippen molar-refractivity contribution in [3.05, 3.63) is 94.6 Å². The smallest absolute Gasteiger partial charge is 0.873 e. The van der Waals surface area contributed by atoms with Crippen molar-refractivity contribution in [2.24, 2.45) is 9.98 Å². The average molecular weight is 946 g/mol. The van der Waals surface area contributed by atoms with Gasteiger partial charge in [-0.15, -0.1) is 11.5 Å². The Morgan fingerprint density at radius 3 is 1.24 bits per heavy atom. The van der Waals surface area contributed by atoms with E-state index in [1.54, 1.807) is 0 Å². The van der Waals surface area contributed by atoms with Gasteiger partial charge in [-0.2, -0.15) is 0 Å². The molecule has 0 atom stereocenters. The van der Waals surface area contributed by atoms with Crippen LogP contribution in [0.4, 0.5) is 11.4 Å². The number of allylic oxidation sites excluding steroid dienone is 2. The molecule has 0 amide bonds. The van der Waals surface area contributed by atoms with E-state index in [1.165, 1.54) is 164 Å². The molecule has 66 heavy (non-hydrogen) atoms. The summed E-state index contributed by atoms with van der Waals surface area (Å²) < 4.78 is 0. The van der Waals surface area contributed by atoms with E-state index in [1.807, 2.05) is 19.9 Å². The zero-order valence-corrected chi connectivity index (χ0v) is 44.2. The summed E-state index contributed by atoms with van der Waals surface area (Å²) in [5.74, 6) is -0.575. The summed E-state index contributed by atoms with van der Waals surface area (Å²) in [7, 11) is 0. The first-order valence-electron chi connectivity index (χ1n) is 27.0. The molecule has 0 spiro atoms. The molecule has 0 saturated heterocycles. The first-order valence-corrected chi connectivity index (χ1v) is 27.0. The van der Waals surface area contributed by atoms with Crippen molar-refractivity contribution in [3.8, 4) is 11.5 Å². The number of hydrogen-bond acceptors (Lipinski definition) is 4. The van der Waals surface area contributed by atoms with Gasteiger partial charge in [-0.1, -0.05) is 229 Å². The van der Waals surface area contributed by atoms with E-state index in [4.69, 9.17) is 9.98 Å². The van der Waals surface area contributed by atoms with E-state index in [0.717, 1.165) is 67.4 Å². The van der Waals surface area contributed by atoms with Crippen molar-refractivity contribution in [2.45, 2.75) is 241 Å². The van der Waals surface area contributed by atoms with E-state index >= 15 is 0 Å². The predicted molar refractivity (Wildman–Crippen MR) is 286 cm³/mol. The summed E-state index contributed by atoms with van der Waals surface area (Å²) in [5.41, 5.74) is 9.30. The molecule has 370 valence electrons. The fourth-order valence-corrected chi connectivity index (χ4v) is 8.26. The van der Waals surface area contributed by atoms with Crippen molar-refractivity contribution in [1.29, 1.82) is 0 Å². The Morgan fingerprint density at radius 2 is 0.833 bits per heavy atom. The van der Waals surface area contributed by atoms with Crippen molar-refractivity contribution < 1.29 is 26.7 Å². The van der Waals surface area contributed by atoms with Crippen LogP contribution in [-0.2, 0) is 29.3 Å². The number of aliphatic imine (C=N–C) groups is 2. The Morgan fingerprint density at radius 1 is 0.455 bits per heavy atom. The predicted octanol–water partition coefficient (Wildman–Crippen LogP) is 18.8. The van der Waals surface area contributed by atoms with Gasteiger partial charge in [0.2, 0.25) is 0 Å². The van der Waals surface area contributed by atoms with Crippen LogP contribution in [0.3, 0.4) is 0 Å². The van der Waals surface area contributed by atoms with Crippen LogP contribution in [0.15, 0.2) is 76.7 Å².